The van der Waals surface area contributed by atoms with E-state index in [1.807, 2.05) is 29.2 Å². The lowest BCUT2D eigenvalue weighted by Gasteiger charge is -2.39. The first kappa shape index (κ1) is 19.3. The summed E-state index contributed by atoms with van der Waals surface area (Å²) in [4.78, 5) is 42.3. The highest BCUT2D eigenvalue weighted by Crippen LogP contribution is 2.71. The van der Waals surface area contributed by atoms with Gasteiger partial charge in [0.1, 0.15) is 11.5 Å². The quantitative estimate of drug-likeness (QED) is 0.746. The van der Waals surface area contributed by atoms with Crippen LogP contribution in [0.4, 0.5) is 0 Å². The molecule has 0 radical (unpaired) electrons. The molecule has 7 rings (SSSR count). The monoisotopic (exact) mass is 422 g/mol. The van der Waals surface area contributed by atoms with Gasteiger partial charge in [0.2, 0.25) is 11.8 Å². The lowest BCUT2D eigenvalue weighted by molar-refractivity contribution is -0.138. The highest BCUT2D eigenvalue weighted by Gasteiger charge is 2.75. The molecule has 2 heterocycles. The number of hydrogen-bond acceptors (Lipinski definition) is 4. The molecule has 4 bridgehead atoms. The number of carbonyl (C=O) groups excluding carboxylic acids is 3. The number of methoxy groups -OCH3 is 1. The Morgan fingerprint density at radius 1 is 1.13 bits per heavy atom. The van der Waals surface area contributed by atoms with Gasteiger partial charge in [-0.25, -0.2) is 0 Å². The number of ketones is 1. The Kier molecular flexibility index (Phi) is 4.25. The summed E-state index contributed by atoms with van der Waals surface area (Å²) in [6.45, 7) is 3.16. The minimum atomic E-state index is -0.0119. The summed E-state index contributed by atoms with van der Waals surface area (Å²) in [7, 11) is 1.64. The molecule has 6 heteroatoms. The van der Waals surface area contributed by atoms with Crippen molar-refractivity contribution in [3.63, 3.8) is 0 Å². The molecule has 6 fully saturated rings. The molecule has 1 aromatic carbocycles. The van der Waals surface area contributed by atoms with Crippen LogP contribution in [0.15, 0.2) is 24.3 Å². The number of benzene rings is 1. The zero-order chi connectivity index (χ0) is 21.3. The van der Waals surface area contributed by atoms with Crippen molar-refractivity contribution >= 4 is 17.6 Å². The Morgan fingerprint density at radius 2 is 1.87 bits per heavy atom. The van der Waals surface area contributed by atoms with Crippen LogP contribution in [0.25, 0.3) is 0 Å². The third kappa shape index (κ3) is 2.94. The first-order chi connectivity index (χ1) is 15.0. The molecular weight excluding hydrogens is 392 g/mol. The van der Waals surface area contributed by atoms with Crippen LogP contribution in [0.5, 0.6) is 5.75 Å². The summed E-state index contributed by atoms with van der Waals surface area (Å²) in [5.74, 6) is 2.72. The molecule has 1 spiro atoms. The van der Waals surface area contributed by atoms with Crippen LogP contribution in [-0.2, 0) is 20.8 Å². The standard InChI is InChI=1S/C25H30N2O4/c1-31-16-4-2-3-15(11-16)12-19(28)26-8-5-25(6-9-26)7-10-27(14-25)24(30)22-18-13-17-20(22)21(17)23(18)29/h2-4,11,17-18,20-22H,5-10,12-14H2,1H3. The second kappa shape index (κ2) is 6.81. The molecule has 2 saturated heterocycles. The predicted molar refractivity (Wildman–Crippen MR) is 113 cm³/mol. The first-order valence-electron chi connectivity index (χ1n) is 11.7. The van der Waals surface area contributed by atoms with Crippen molar-refractivity contribution < 1.29 is 19.1 Å². The van der Waals surface area contributed by atoms with Crippen molar-refractivity contribution in [3.05, 3.63) is 29.8 Å². The average Bonchev–Trinajstić information content (AvgIpc) is 3.13. The smallest absolute Gasteiger partial charge is 0.226 e. The normalized spacial score (nSPS) is 34.5. The van der Waals surface area contributed by atoms with Crippen LogP contribution in [0, 0.1) is 35.0 Å². The Hall–Kier alpha value is -2.37. The second-order valence-corrected chi connectivity index (χ2v) is 10.5. The van der Waals surface area contributed by atoms with Crippen LogP contribution < -0.4 is 4.74 Å². The van der Waals surface area contributed by atoms with E-state index in [4.69, 9.17) is 4.74 Å². The number of Topliss-reactive ketones (excluding diaryl/α,β-unsaturated/α-hetero) is 1. The maximum absolute atomic E-state index is 13.2. The van der Waals surface area contributed by atoms with Crippen LogP contribution >= 0.6 is 0 Å². The van der Waals surface area contributed by atoms with E-state index >= 15 is 0 Å². The first-order valence-corrected chi connectivity index (χ1v) is 11.7. The number of rotatable bonds is 4. The summed E-state index contributed by atoms with van der Waals surface area (Å²) in [6.07, 6.45) is 4.31. The number of ether oxygens (including phenoxy) is 1. The minimum Gasteiger partial charge on any atom is -0.497 e. The molecule has 5 atom stereocenters. The van der Waals surface area contributed by atoms with E-state index in [-0.39, 0.29) is 35.0 Å². The molecule has 6 nitrogen and oxygen atoms in total. The van der Waals surface area contributed by atoms with E-state index in [0.29, 0.717) is 24.0 Å². The molecule has 0 N–H and O–H groups in total. The number of amides is 2. The molecule has 4 aliphatic carbocycles. The van der Waals surface area contributed by atoms with E-state index in [0.717, 1.165) is 63.2 Å². The SMILES string of the molecule is COc1cccc(CC(=O)N2CCC3(CC2)CCN(C(=O)C2C4CC5C(C4=O)C52)C3)c1. The van der Waals surface area contributed by atoms with Gasteiger partial charge < -0.3 is 14.5 Å². The van der Waals surface area contributed by atoms with E-state index in [1.165, 1.54) is 0 Å². The zero-order valence-corrected chi connectivity index (χ0v) is 18.1. The fourth-order valence-corrected chi connectivity index (χ4v) is 7.22. The Balaban J connectivity index is 1.04. The van der Waals surface area contributed by atoms with Crippen molar-refractivity contribution in [1.29, 1.82) is 0 Å². The molecule has 6 aliphatic rings. The van der Waals surface area contributed by atoms with Gasteiger partial charge in [-0.2, -0.15) is 0 Å². The van der Waals surface area contributed by atoms with E-state index in [9.17, 15) is 14.4 Å². The molecule has 31 heavy (non-hydrogen) atoms. The van der Waals surface area contributed by atoms with Gasteiger partial charge in [0.15, 0.2) is 0 Å². The third-order valence-electron chi connectivity index (χ3n) is 9.00. The predicted octanol–water partition coefficient (Wildman–Crippen LogP) is 2.16. The fraction of sp³-hybridized carbons (Fsp3) is 0.640. The maximum atomic E-state index is 13.2. The lowest BCUT2D eigenvalue weighted by Crippen LogP contribution is -2.45. The van der Waals surface area contributed by atoms with Gasteiger partial charge in [0.25, 0.3) is 0 Å². The van der Waals surface area contributed by atoms with Crippen LogP contribution in [0.2, 0.25) is 0 Å². The van der Waals surface area contributed by atoms with E-state index < -0.39 is 0 Å². The highest BCUT2D eigenvalue weighted by molar-refractivity contribution is 6.00. The lowest BCUT2D eigenvalue weighted by atomic mass is 9.77. The number of likely N-dealkylation sites (tertiary alicyclic amines) is 2. The third-order valence-corrected chi connectivity index (χ3v) is 9.00. The van der Waals surface area contributed by atoms with Gasteiger partial charge in [-0.05, 0) is 60.6 Å². The number of piperidine rings is 1. The van der Waals surface area contributed by atoms with Crippen molar-refractivity contribution in [2.45, 2.75) is 32.1 Å². The van der Waals surface area contributed by atoms with Gasteiger partial charge in [0.05, 0.1) is 19.4 Å². The van der Waals surface area contributed by atoms with Gasteiger partial charge in [-0.15, -0.1) is 0 Å². The Morgan fingerprint density at radius 3 is 2.48 bits per heavy atom. The minimum absolute atomic E-state index is 0.0119. The van der Waals surface area contributed by atoms with Crippen LogP contribution in [0.3, 0.4) is 0 Å². The molecule has 164 valence electrons. The molecule has 5 unspecified atom stereocenters. The summed E-state index contributed by atoms with van der Waals surface area (Å²) in [5, 5.41) is 0. The van der Waals surface area contributed by atoms with Crippen molar-refractivity contribution in [2.24, 2.45) is 35.0 Å². The number of hydrogen-bond donors (Lipinski definition) is 0. The second-order valence-electron chi connectivity index (χ2n) is 10.5. The average molecular weight is 423 g/mol. The van der Waals surface area contributed by atoms with Crippen LogP contribution in [-0.4, -0.2) is 60.7 Å². The molecule has 2 aliphatic heterocycles. The van der Waals surface area contributed by atoms with Gasteiger partial charge in [0, 0.05) is 38.0 Å². The molecule has 4 saturated carbocycles. The Bertz CT molecular complexity index is 951. The van der Waals surface area contributed by atoms with E-state index in [2.05, 4.69) is 4.90 Å². The van der Waals surface area contributed by atoms with Crippen molar-refractivity contribution in [3.8, 4) is 5.75 Å². The summed E-state index contributed by atoms with van der Waals surface area (Å²) < 4.78 is 5.26. The zero-order valence-electron chi connectivity index (χ0n) is 18.1. The van der Waals surface area contributed by atoms with Crippen molar-refractivity contribution in [2.75, 3.05) is 33.3 Å². The molecule has 0 aromatic heterocycles. The van der Waals surface area contributed by atoms with Gasteiger partial charge in [-0.3, -0.25) is 14.4 Å². The summed E-state index contributed by atoms with van der Waals surface area (Å²) in [6, 6.07) is 7.70. The van der Waals surface area contributed by atoms with Crippen molar-refractivity contribution in [1.82, 2.24) is 9.80 Å². The molecule has 2 amide bonds. The van der Waals surface area contributed by atoms with Gasteiger partial charge >= 0.3 is 0 Å². The highest BCUT2D eigenvalue weighted by atomic mass is 16.5. The van der Waals surface area contributed by atoms with E-state index in [1.54, 1.807) is 7.11 Å². The fourth-order valence-electron chi connectivity index (χ4n) is 7.22. The largest absolute Gasteiger partial charge is 0.497 e. The van der Waals surface area contributed by atoms with Crippen LogP contribution in [0.1, 0.15) is 31.2 Å². The molecular formula is C25H30N2O4. The van der Waals surface area contributed by atoms with Gasteiger partial charge in [-0.1, -0.05) is 12.1 Å². The molecule has 1 aromatic rings. The Labute approximate surface area is 182 Å². The number of carbonyl (C=O) groups is 3. The summed E-state index contributed by atoms with van der Waals surface area (Å²) >= 11 is 0. The maximum Gasteiger partial charge on any atom is 0.226 e. The summed E-state index contributed by atoms with van der Waals surface area (Å²) in [5.41, 5.74) is 1.13. The number of nitrogens with zero attached hydrogens (tertiary/aromatic N) is 2. The topological polar surface area (TPSA) is 66.9 Å².